The SMILES string of the molecule is CCCc1nc2cc(C(=O)O)ccc2n1CC(C)CO. The van der Waals surface area contributed by atoms with Crippen molar-refractivity contribution in [1.29, 1.82) is 0 Å². The average molecular weight is 276 g/mol. The van der Waals surface area contributed by atoms with Crippen LogP contribution in [0.15, 0.2) is 18.2 Å². The van der Waals surface area contributed by atoms with Crippen LogP contribution >= 0.6 is 0 Å². The Kier molecular flexibility index (Phi) is 4.39. The molecule has 0 radical (unpaired) electrons. The Morgan fingerprint density at radius 2 is 2.20 bits per heavy atom. The molecule has 0 bridgehead atoms. The molecule has 5 heteroatoms. The van der Waals surface area contributed by atoms with Gasteiger partial charge < -0.3 is 14.8 Å². The molecule has 5 nitrogen and oxygen atoms in total. The van der Waals surface area contributed by atoms with E-state index < -0.39 is 5.97 Å². The number of imidazole rings is 1. The van der Waals surface area contributed by atoms with Gasteiger partial charge in [-0.15, -0.1) is 0 Å². The zero-order valence-electron chi connectivity index (χ0n) is 11.8. The zero-order valence-corrected chi connectivity index (χ0v) is 11.8. The lowest BCUT2D eigenvalue weighted by Gasteiger charge is -2.13. The van der Waals surface area contributed by atoms with Crippen molar-refractivity contribution >= 4 is 17.0 Å². The van der Waals surface area contributed by atoms with Crippen LogP contribution in [-0.4, -0.2) is 32.3 Å². The Labute approximate surface area is 117 Å². The van der Waals surface area contributed by atoms with Gasteiger partial charge in [0.05, 0.1) is 16.6 Å². The van der Waals surface area contributed by atoms with Gasteiger partial charge in [0.1, 0.15) is 5.82 Å². The lowest BCUT2D eigenvalue weighted by molar-refractivity contribution is 0.0697. The number of hydrogen-bond donors (Lipinski definition) is 2. The summed E-state index contributed by atoms with van der Waals surface area (Å²) in [7, 11) is 0. The number of hydrogen-bond acceptors (Lipinski definition) is 3. The highest BCUT2D eigenvalue weighted by Crippen LogP contribution is 2.20. The molecule has 0 aliphatic carbocycles. The van der Waals surface area contributed by atoms with Crippen molar-refractivity contribution in [1.82, 2.24) is 9.55 Å². The predicted molar refractivity (Wildman–Crippen MR) is 76.9 cm³/mol. The first-order valence-electron chi connectivity index (χ1n) is 6.90. The molecule has 1 aromatic carbocycles. The van der Waals surface area contributed by atoms with Gasteiger partial charge in [-0.05, 0) is 30.5 Å². The van der Waals surface area contributed by atoms with E-state index in [9.17, 15) is 9.90 Å². The lowest BCUT2D eigenvalue weighted by atomic mass is 10.1. The van der Waals surface area contributed by atoms with E-state index >= 15 is 0 Å². The molecule has 0 aliphatic heterocycles. The number of carbonyl (C=O) groups is 1. The molecule has 1 unspecified atom stereocenters. The van der Waals surface area contributed by atoms with E-state index in [1.165, 1.54) is 0 Å². The summed E-state index contributed by atoms with van der Waals surface area (Å²) in [4.78, 5) is 15.6. The van der Waals surface area contributed by atoms with Crippen LogP contribution in [0.3, 0.4) is 0 Å². The molecule has 0 aliphatic rings. The van der Waals surface area contributed by atoms with Crippen LogP contribution in [-0.2, 0) is 13.0 Å². The number of rotatable bonds is 6. The number of carboxylic acids is 1. The Balaban J connectivity index is 2.51. The highest BCUT2D eigenvalue weighted by atomic mass is 16.4. The summed E-state index contributed by atoms with van der Waals surface area (Å²) >= 11 is 0. The van der Waals surface area contributed by atoms with E-state index in [1.54, 1.807) is 18.2 Å². The Hall–Kier alpha value is -1.88. The van der Waals surface area contributed by atoms with Gasteiger partial charge >= 0.3 is 5.97 Å². The van der Waals surface area contributed by atoms with Crippen LogP contribution in [0.25, 0.3) is 11.0 Å². The summed E-state index contributed by atoms with van der Waals surface area (Å²) in [6.07, 6.45) is 1.82. The van der Waals surface area contributed by atoms with Crippen molar-refractivity contribution in [2.24, 2.45) is 5.92 Å². The van der Waals surface area contributed by atoms with E-state index in [0.29, 0.717) is 12.1 Å². The minimum Gasteiger partial charge on any atom is -0.478 e. The summed E-state index contributed by atoms with van der Waals surface area (Å²) in [5.41, 5.74) is 1.89. The van der Waals surface area contributed by atoms with Crippen molar-refractivity contribution in [2.45, 2.75) is 33.2 Å². The molecule has 1 aromatic heterocycles. The smallest absolute Gasteiger partial charge is 0.335 e. The third kappa shape index (κ3) is 2.82. The van der Waals surface area contributed by atoms with Crippen molar-refractivity contribution in [3.63, 3.8) is 0 Å². The highest BCUT2D eigenvalue weighted by Gasteiger charge is 2.14. The number of fused-ring (bicyclic) bond motifs is 1. The van der Waals surface area contributed by atoms with Gasteiger partial charge in [-0.3, -0.25) is 0 Å². The second-order valence-electron chi connectivity index (χ2n) is 5.19. The van der Waals surface area contributed by atoms with Crippen LogP contribution in [0.1, 0.15) is 36.5 Å². The molecule has 20 heavy (non-hydrogen) atoms. The molecule has 2 aromatic rings. The van der Waals surface area contributed by atoms with Gasteiger partial charge in [0, 0.05) is 19.6 Å². The van der Waals surface area contributed by atoms with Crippen molar-refractivity contribution in [2.75, 3.05) is 6.61 Å². The summed E-state index contributed by atoms with van der Waals surface area (Å²) < 4.78 is 2.09. The van der Waals surface area contributed by atoms with Gasteiger partial charge in [-0.2, -0.15) is 0 Å². The maximum atomic E-state index is 11.0. The fraction of sp³-hybridized carbons (Fsp3) is 0.467. The number of aromatic carboxylic acids is 1. The second-order valence-corrected chi connectivity index (χ2v) is 5.19. The van der Waals surface area contributed by atoms with Gasteiger partial charge in [-0.1, -0.05) is 13.8 Å². The molecule has 1 heterocycles. The summed E-state index contributed by atoms with van der Waals surface area (Å²) in [5.74, 6) is 0.148. The predicted octanol–water partition coefficient (Wildman–Crippen LogP) is 2.32. The third-order valence-corrected chi connectivity index (χ3v) is 3.35. The zero-order chi connectivity index (χ0) is 14.7. The molecule has 0 fully saturated rings. The van der Waals surface area contributed by atoms with Crippen LogP contribution in [0.5, 0.6) is 0 Å². The Morgan fingerprint density at radius 3 is 2.80 bits per heavy atom. The summed E-state index contributed by atoms with van der Waals surface area (Å²) in [5, 5.41) is 18.3. The second kappa shape index (κ2) is 6.05. The fourth-order valence-corrected chi connectivity index (χ4v) is 2.30. The number of aliphatic hydroxyl groups is 1. The van der Waals surface area contributed by atoms with Crippen molar-refractivity contribution in [3.05, 3.63) is 29.6 Å². The van der Waals surface area contributed by atoms with Gasteiger partial charge in [0.25, 0.3) is 0 Å². The third-order valence-electron chi connectivity index (χ3n) is 3.35. The molecule has 108 valence electrons. The fourth-order valence-electron chi connectivity index (χ4n) is 2.30. The summed E-state index contributed by atoms with van der Waals surface area (Å²) in [6.45, 7) is 4.88. The Bertz CT molecular complexity index is 619. The quantitative estimate of drug-likeness (QED) is 0.849. The maximum absolute atomic E-state index is 11.0. The molecule has 1 atom stereocenters. The molecular weight excluding hydrogens is 256 g/mol. The van der Waals surface area contributed by atoms with Crippen LogP contribution in [0, 0.1) is 5.92 Å². The van der Waals surface area contributed by atoms with Crippen LogP contribution in [0.2, 0.25) is 0 Å². The monoisotopic (exact) mass is 276 g/mol. The molecule has 0 spiro atoms. The standard InChI is InChI=1S/C15H20N2O3/c1-3-4-14-16-12-7-11(15(19)20)5-6-13(12)17(14)8-10(2)9-18/h5-7,10,18H,3-4,8-9H2,1-2H3,(H,19,20). The number of aliphatic hydroxyl groups excluding tert-OH is 1. The Morgan fingerprint density at radius 1 is 1.45 bits per heavy atom. The first-order chi connectivity index (χ1) is 9.56. The molecular formula is C15H20N2O3. The number of aromatic nitrogens is 2. The first kappa shape index (κ1) is 14.5. The van der Waals surface area contributed by atoms with E-state index in [0.717, 1.165) is 24.2 Å². The minimum absolute atomic E-state index is 0.123. The first-order valence-corrected chi connectivity index (χ1v) is 6.90. The van der Waals surface area contributed by atoms with E-state index in [1.807, 2.05) is 6.92 Å². The lowest BCUT2D eigenvalue weighted by Crippen LogP contribution is -2.13. The largest absolute Gasteiger partial charge is 0.478 e. The number of nitrogens with zero attached hydrogens (tertiary/aromatic N) is 2. The topological polar surface area (TPSA) is 75.3 Å². The van der Waals surface area contributed by atoms with Crippen LogP contribution < -0.4 is 0 Å². The van der Waals surface area contributed by atoms with Crippen molar-refractivity contribution in [3.8, 4) is 0 Å². The molecule has 2 rings (SSSR count). The van der Waals surface area contributed by atoms with Crippen LogP contribution in [0.4, 0.5) is 0 Å². The van der Waals surface area contributed by atoms with Crippen molar-refractivity contribution < 1.29 is 15.0 Å². The number of aryl methyl sites for hydroxylation is 1. The van der Waals surface area contributed by atoms with E-state index in [4.69, 9.17) is 5.11 Å². The molecule has 2 N–H and O–H groups in total. The van der Waals surface area contributed by atoms with E-state index in [-0.39, 0.29) is 18.1 Å². The molecule has 0 saturated carbocycles. The van der Waals surface area contributed by atoms with Gasteiger partial charge in [-0.25, -0.2) is 9.78 Å². The molecule has 0 amide bonds. The number of benzene rings is 1. The van der Waals surface area contributed by atoms with E-state index in [2.05, 4.69) is 16.5 Å². The minimum atomic E-state index is -0.942. The van der Waals surface area contributed by atoms with Gasteiger partial charge in [0.15, 0.2) is 0 Å². The maximum Gasteiger partial charge on any atom is 0.335 e. The molecule has 0 saturated heterocycles. The highest BCUT2D eigenvalue weighted by molar-refractivity contribution is 5.92. The summed E-state index contributed by atoms with van der Waals surface area (Å²) in [6, 6.07) is 5.01. The average Bonchev–Trinajstić information content (AvgIpc) is 2.76. The number of carboxylic acid groups (broad SMARTS) is 1. The normalized spacial score (nSPS) is 12.8. The van der Waals surface area contributed by atoms with Gasteiger partial charge in [0.2, 0.25) is 0 Å².